The van der Waals surface area contributed by atoms with Crippen LogP contribution in [-0.4, -0.2) is 38.2 Å². The molecule has 0 radical (unpaired) electrons. The van der Waals surface area contributed by atoms with Gasteiger partial charge >= 0.3 is 0 Å². The quantitative estimate of drug-likeness (QED) is 0.748. The van der Waals surface area contributed by atoms with Crippen LogP contribution in [0.2, 0.25) is 18.1 Å². The van der Waals surface area contributed by atoms with Crippen LogP contribution >= 0.6 is 0 Å². The van der Waals surface area contributed by atoms with Gasteiger partial charge in [-0.2, -0.15) is 0 Å². The lowest BCUT2D eigenvalue weighted by molar-refractivity contribution is 0.0706. The zero-order chi connectivity index (χ0) is 12.6. The van der Waals surface area contributed by atoms with E-state index in [4.69, 9.17) is 4.43 Å². The van der Waals surface area contributed by atoms with Gasteiger partial charge in [0, 0.05) is 0 Å². The van der Waals surface area contributed by atoms with Crippen LogP contribution in [0.5, 0.6) is 0 Å². The Balaban J connectivity index is 2.74. The summed E-state index contributed by atoms with van der Waals surface area (Å²) < 4.78 is 6.39. The summed E-state index contributed by atoms with van der Waals surface area (Å²) in [6, 6.07) is 0. The predicted octanol–water partition coefficient (Wildman–Crippen LogP) is 2.12. The second-order valence-electron chi connectivity index (χ2n) is 6.66. The Morgan fingerprint density at radius 1 is 1.44 bits per heavy atom. The standard InChI is InChI=1S/C12H27NO2Si/c1-11(2,3)16(5,6)15-10-7-8-13-12(10,4)9-14/h10,13-14H,7-9H2,1-6H3/t10-,12+/m0/s1. The molecule has 0 unspecified atom stereocenters. The van der Waals surface area contributed by atoms with Gasteiger partial charge < -0.3 is 14.8 Å². The Bertz CT molecular complexity index is 250. The van der Waals surface area contributed by atoms with E-state index in [0.717, 1.165) is 13.0 Å². The maximum absolute atomic E-state index is 9.47. The van der Waals surface area contributed by atoms with Gasteiger partial charge in [-0.1, -0.05) is 20.8 Å². The highest BCUT2D eigenvalue weighted by atomic mass is 28.4. The van der Waals surface area contributed by atoms with E-state index in [2.05, 4.69) is 46.1 Å². The van der Waals surface area contributed by atoms with Gasteiger partial charge in [0.25, 0.3) is 0 Å². The molecule has 0 saturated carbocycles. The monoisotopic (exact) mass is 245 g/mol. The molecule has 1 aliphatic rings. The molecule has 0 aromatic rings. The lowest BCUT2D eigenvalue weighted by Crippen LogP contribution is -2.54. The fourth-order valence-electron chi connectivity index (χ4n) is 1.80. The van der Waals surface area contributed by atoms with Crippen LogP contribution in [0.3, 0.4) is 0 Å². The fraction of sp³-hybridized carbons (Fsp3) is 1.00. The normalized spacial score (nSPS) is 32.1. The molecule has 2 atom stereocenters. The van der Waals surface area contributed by atoms with Gasteiger partial charge in [0.1, 0.15) is 0 Å². The van der Waals surface area contributed by atoms with Crippen LogP contribution in [0, 0.1) is 0 Å². The molecule has 0 aliphatic carbocycles. The molecule has 1 heterocycles. The van der Waals surface area contributed by atoms with E-state index in [1.54, 1.807) is 0 Å². The van der Waals surface area contributed by atoms with Gasteiger partial charge in [-0.25, -0.2) is 0 Å². The minimum atomic E-state index is -1.73. The summed E-state index contributed by atoms with van der Waals surface area (Å²) in [5.74, 6) is 0. The first-order valence-electron chi connectivity index (χ1n) is 6.16. The highest BCUT2D eigenvalue weighted by molar-refractivity contribution is 6.74. The smallest absolute Gasteiger partial charge is 0.192 e. The summed E-state index contributed by atoms with van der Waals surface area (Å²) in [4.78, 5) is 0. The summed E-state index contributed by atoms with van der Waals surface area (Å²) in [6.45, 7) is 14.4. The zero-order valence-corrected chi connectivity index (χ0v) is 12.6. The Morgan fingerprint density at radius 2 is 2.00 bits per heavy atom. The summed E-state index contributed by atoms with van der Waals surface area (Å²) in [6.07, 6.45) is 1.15. The first-order chi connectivity index (χ1) is 7.12. The summed E-state index contributed by atoms with van der Waals surface area (Å²) in [5, 5.41) is 13.1. The van der Waals surface area contributed by atoms with Gasteiger partial charge in [-0.3, -0.25) is 0 Å². The van der Waals surface area contributed by atoms with E-state index in [0.29, 0.717) is 0 Å². The lowest BCUT2D eigenvalue weighted by atomic mass is 9.99. The highest BCUT2D eigenvalue weighted by Gasteiger charge is 2.46. The Hall–Kier alpha value is 0.0969. The third-order valence-corrected chi connectivity index (χ3v) is 8.70. The van der Waals surface area contributed by atoms with Gasteiger partial charge in [-0.15, -0.1) is 0 Å². The molecule has 0 aromatic heterocycles. The van der Waals surface area contributed by atoms with Crippen LogP contribution < -0.4 is 5.32 Å². The summed E-state index contributed by atoms with van der Waals surface area (Å²) in [5.41, 5.74) is -0.254. The van der Waals surface area contributed by atoms with E-state index in [1.807, 2.05) is 0 Å². The molecule has 0 amide bonds. The van der Waals surface area contributed by atoms with E-state index >= 15 is 0 Å². The number of hydrogen-bond acceptors (Lipinski definition) is 3. The molecule has 0 aromatic carbocycles. The molecule has 2 N–H and O–H groups in total. The van der Waals surface area contributed by atoms with Crippen molar-refractivity contribution in [2.24, 2.45) is 0 Å². The fourth-order valence-corrected chi connectivity index (χ4v) is 3.24. The molecular formula is C12H27NO2Si. The van der Waals surface area contributed by atoms with Crippen molar-refractivity contribution in [1.29, 1.82) is 0 Å². The van der Waals surface area contributed by atoms with Crippen LogP contribution in [0.1, 0.15) is 34.1 Å². The average molecular weight is 245 g/mol. The Morgan fingerprint density at radius 3 is 2.44 bits per heavy atom. The molecule has 4 heteroatoms. The van der Waals surface area contributed by atoms with Crippen molar-refractivity contribution in [2.45, 2.75) is 63.9 Å². The predicted molar refractivity (Wildman–Crippen MR) is 70.2 cm³/mol. The van der Waals surface area contributed by atoms with Crippen molar-refractivity contribution in [2.75, 3.05) is 13.2 Å². The van der Waals surface area contributed by atoms with Crippen LogP contribution in [0.25, 0.3) is 0 Å². The molecule has 1 aliphatic heterocycles. The SMILES string of the molecule is CC(C)(C)[Si](C)(C)O[C@H]1CCN[C@]1(C)CO. The maximum Gasteiger partial charge on any atom is 0.192 e. The van der Waals surface area contributed by atoms with Gasteiger partial charge in [0.2, 0.25) is 0 Å². The molecule has 1 rings (SSSR count). The lowest BCUT2D eigenvalue weighted by Gasteiger charge is -2.42. The third-order valence-electron chi connectivity index (χ3n) is 4.22. The molecule has 3 nitrogen and oxygen atoms in total. The number of aliphatic hydroxyl groups is 1. The minimum Gasteiger partial charge on any atom is -0.412 e. The third kappa shape index (κ3) is 2.67. The first-order valence-corrected chi connectivity index (χ1v) is 9.07. The highest BCUT2D eigenvalue weighted by Crippen LogP contribution is 2.39. The van der Waals surface area contributed by atoms with E-state index < -0.39 is 8.32 Å². The Kier molecular flexibility index (Phi) is 3.90. The minimum absolute atomic E-state index is 0.145. The van der Waals surface area contributed by atoms with Crippen LogP contribution in [0.15, 0.2) is 0 Å². The van der Waals surface area contributed by atoms with E-state index in [-0.39, 0.29) is 23.3 Å². The van der Waals surface area contributed by atoms with Gasteiger partial charge in [0.05, 0.1) is 18.2 Å². The number of rotatable bonds is 3. The summed E-state index contributed by atoms with van der Waals surface area (Å²) in [7, 11) is -1.73. The van der Waals surface area contributed by atoms with Crippen LogP contribution in [-0.2, 0) is 4.43 Å². The molecule has 1 fully saturated rings. The molecular weight excluding hydrogens is 218 g/mol. The zero-order valence-electron chi connectivity index (χ0n) is 11.6. The van der Waals surface area contributed by atoms with Gasteiger partial charge in [-0.05, 0) is 38.0 Å². The van der Waals surface area contributed by atoms with Gasteiger partial charge in [0.15, 0.2) is 8.32 Å². The molecule has 0 spiro atoms. The Labute approximate surface area is 101 Å². The number of aliphatic hydroxyl groups excluding tert-OH is 1. The number of hydrogen-bond donors (Lipinski definition) is 2. The van der Waals surface area contributed by atoms with E-state index in [9.17, 15) is 5.11 Å². The average Bonchev–Trinajstić information content (AvgIpc) is 2.46. The van der Waals surface area contributed by atoms with Crippen molar-refractivity contribution < 1.29 is 9.53 Å². The van der Waals surface area contributed by atoms with Crippen molar-refractivity contribution in [3.05, 3.63) is 0 Å². The maximum atomic E-state index is 9.47. The largest absolute Gasteiger partial charge is 0.412 e. The second kappa shape index (κ2) is 4.41. The van der Waals surface area contributed by atoms with Crippen molar-refractivity contribution in [3.8, 4) is 0 Å². The van der Waals surface area contributed by atoms with Crippen molar-refractivity contribution >= 4 is 8.32 Å². The topological polar surface area (TPSA) is 41.5 Å². The first kappa shape index (κ1) is 14.2. The van der Waals surface area contributed by atoms with Crippen molar-refractivity contribution in [3.63, 3.8) is 0 Å². The molecule has 96 valence electrons. The number of nitrogens with one attached hydrogen (secondary N) is 1. The van der Waals surface area contributed by atoms with E-state index in [1.165, 1.54) is 0 Å². The van der Waals surface area contributed by atoms with Crippen molar-refractivity contribution in [1.82, 2.24) is 5.32 Å². The molecule has 16 heavy (non-hydrogen) atoms. The molecule has 0 bridgehead atoms. The molecule has 1 saturated heterocycles. The second-order valence-corrected chi connectivity index (χ2v) is 11.4. The van der Waals surface area contributed by atoms with Crippen LogP contribution in [0.4, 0.5) is 0 Å². The summed E-state index contributed by atoms with van der Waals surface area (Å²) >= 11 is 0.